The van der Waals surface area contributed by atoms with E-state index in [0.29, 0.717) is 0 Å². The van der Waals surface area contributed by atoms with E-state index in [2.05, 4.69) is 18.2 Å². The van der Waals surface area contributed by atoms with Crippen molar-refractivity contribution in [3.63, 3.8) is 0 Å². The highest BCUT2D eigenvalue weighted by atomic mass is 14.5. The van der Waals surface area contributed by atoms with Crippen LogP contribution in [0.1, 0.15) is 11.1 Å². The van der Waals surface area contributed by atoms with E-state index >= 15 is 0 Å². The highest BCUT2D eigenvalue weighted by Crippen LogP contribution is 2.08. The maximum Gasteiger partial charge on any atom is 0.0319 e. The third-order valence-electron chi connectivity index (χ3n) is 2.40. The zero-order valence-electron chi connectivity index (χ0n) is 9.58. The molecule has 0 amide bonds. The molecule has 1 heteroatoms. The highest BCUT2D eigenvalue weighted by molar-refractivity contribution is 5.59. The van der Waals surface area contributed by atoms with Gasteiger partial charge >= 0.3 is 0 Å². The molecule has 0 aliphatic heterocycles. The lowest BCUT2D eigenvalue weighted by molar-refractivity contribution is 1.64. The molecule has 0 saturated heterocycles. The molecular weight excluding hydrogens is 206 g/mol. The predicted octanol–water partition coefficient (Wildman–Crippen LogP) is 4.00. The number of hydrogen-bond acceptors (Lipinski definition) is 1. The summed E-state index contributed by atoms with van der Waals surface area (Å²) >= 11 is 0. The zero-order valence-corrected chi connectivity index (χ0v) is 9.58. The number of rotatable bonds is 3. The van der Waals surface area contributed by atoms with Gasteiger partial charge in [0.1, 0.15) is 0 Å². The fourth-order valence-corrected chi connectivity index (χ4v) is 1.56. The van der Waals surface area contributed by atoms with Gasteiger partial charge in [0.05, 0.1) is 0 Å². The number of benzene rings is 2. The smallest absolute Gasteiger partial charge is 0.0319 e. The van der Waals surface area contributed by atoms with E-state index in [1.807, 2.05) is 60.7 Å². The van der Waals surface area contributed by atoms with E-state index in [1.54, 1.807) is 0 Å². The lowest BCUT2D eigenvalue weighted by Crippen LogP contribution is -1.83. The van der Waals surface area contributed by atoms with Gasteiger partial charge in [-0.2, -0.15) is 0 Å². The second-order valence-electron chi connectivity index (χ2n) is 3.80. The molecule has 0 saturated carbocycles. The molecule has 0 spiro atoms. The van der Waals surface area contributed by atoms with Gasteiger partial charge < -0.3 is 5.73 Å². The van der Waals surface area contributed by atoms with Crippen LogP contribution in [0, 0.1) is 0 Å². The van der Waals surface area contributed by atoms with Crippen molar-refractivity contribution in [1.82, 2.24) is 0 Å². The highest BCUT2D eigenvalue weighted by Gasteiger charge is 1.86. The van der Waals surface area contributed by atoms with Crippen LogP contribution in [0.25, 0.3) is 12.2 Å². The van der Waals surface area contributed by atoms with Crippen LogP contribution in [-0.2, 0) is 0 Å². The molecule has 0 aromatic heterocycles. The second kappa shape index (κ2) is 5.71. The molecule has 0 unspecified atom stereocenters. The van der Waals surface area contributed by atoms with E-state index in [-0.39, 0.29) is 0 Å². The van der Waals surface area contributed by atoms with Crippen molar-refractivity contribution in [3.8, 4) is 0 Å². The minimum atomic E-state index is 0.791. The molecule has 2 aromatic carbocycles. The molecule has 2 rings (SSSR count). The minimum Gasteiger partial charge on any atom is -0.399 e. The fourth-order valence-electron chi connectivity index (χ4n) is 1.56. The van der Waals surface area contributed by atoms with Gasteiger partial charge in [0, 0.05) is 5.69 Å². The summed E-state index contributed by atoms with van der Waals surface area (Å²) in [6.45, 7) is 0. The van der Waals surface area contributed by atoms with Crippen molar-refractivity contribution in [2.24, 2.45) is 0 Å². The Labute approximate surface area is 102 Å². The molecule has 2 N–H and O–H groups in total. The molecule has 84 valence electrons. The standard InChI is InChI=1S/C16H15N/c17-16-12-6-11-15(13-16)10-5-4-9-14-7-2-1-3-8-14/h1-13H,17H2/b9-4-,10-5+. The topological polar surface area (TPSA) is 26.0 Å². The molecule has 0 aliphatic rings. The maximum atomic E-state index is 5.70. The van der Waals surface area contributed by atoms with Gasteiger partial charge in [-0.3, -0.25) is 0 Å². The van der Waals surface area contributed by atoms with Gasteiger partial charge in [0.15, 0.2) is 0 Å². The maximum absolute atomic E-state index is 5.70. The summed E-state index contributed by atoms with van der Waals surface area (Å²) in [5.74, 6) is 0. The van der Waals surface area contributed by atoms with Gasteiger partial charge in [0.25, 0.3) is 0 Å². The van der Waals surface area contributed by atoms with E-state index < -0.39 is 0 Å². The van der Waals surface area contributed by atoms with Crippen molar-refractivity contribution in [2.75, 3.05) is 5.73 Å². The van der Waals surface area contributed by atoms with E-state index in [0.717, 1.165) is 11.3 Å². The molecule has 0 radical (unpaired) electrons. The van der Waals surface area contributed by atoms with Gasteiger partial charge in [0.2, 0.25) is 0 Å². The predicted molar refractivity (Wildman–Crippen MR) is 75.4 cm³/mol. The molecule has 1 nitrogen and oxygen atoms in total. The molecule has 17 heavy (non-hydrogen) atoms. The second-order valence-corrected chi connectivity index (χ2v) is 3.80. The Balaban J connectivity index is 2.01. The molecular formula is C16H15N. The van der Waals surface area contributed by atoms with Gasteiger partial charge in [-0.25, -0.2) is 0 Å². The van der Waals surface area contributed by atoms with Crippen LogP contribution in [-0.4, -0.2) is 0 Å². The first-order valence-electron chi connectivity index (χ1n) is 5.60. The fraction of sp³-hybridized carbons (Fsp3) is 0. The van der Waals surface area contributed by atoms with Crippen LogP contribution in [0.4, 0.5) is 5.69 Å². The first-order chi connectivity index (χ1) is 8.34. The molecule has 0 aliphatic carbocycles. The average Bonchev–Trinajstić information content (AvgIpc) is 2.36. The van der Waals surface area contributed by atoms with E-state index in [1.165, 1.54) is 5.56 Å². The molecule has 0 atom stereocenters. The minimum absolute atomic E-state index is 0.791. The summed E-state index contributed by atoms with van der Waals surface area (Å²) in [6, 6.07) is 18.0. The van der Waals surface area contributed by atoms with Crippen molar-refractivity contribution >= 4 is 17.8 Å². The largest absolute Gasteiger partial charge is 0.399 e. The van der Waals surface area contributed by atoms with Gasteiger partial charge in [-0.1, -0.05) is 66.8 Å². The number of nitrogens with two attached hydrogens (primary N) is 1. The summed E-state index contributed by atoms with van der Waals surface area (Å²) in [5, 5.41) is 0. The Morgan fingerprint density at radius 2 is 1.35 bits per heavy atom. The first-order valence-corrected chi connectivity index (χ1v) is 5.60. The number of hydrogen-bond donors (Lipinski definition) is 1. The summed E-state index contributed by atoms with van der Waals surface area (Å²) in [7, 11) is 0. The van der Waals surface area contributed by atoms with Gasteiger partial charge in [-0.15, -0.1) is 0 Å². The lowest BCUT2D eigenvalue weighted by atomic mass is 10.1. The molecule has 0 bridgehead atoms. The molecule has 0 fully saturated rings. The van der Waals surface area contributed by atoms with Crippen molar-refractivity contribution in [1.29, 1.82) is 0 Å². The van der Waals surface area contributed by atoms with E-state index in [4.69, 9.17) is 5.73 Å². The number of allylic oxidation sites excluding steroid dienone is 2. The van der Waals surface area contributed by atoms with Crippen LogP contribution < -0.4 is 5.73 Å². The van der Waals surface area contributed by atoms with Crippen LogP contribution in [0.2, 0.25) is 0 Å². The monoisotopic (exact) mass is 221 g/mol. The Kier molecular flexibility index (Phi) is 3.77. The number of nitrogen functional groups attached to an aromatic ring is 1. The van der Waals surface area contributed by atoms with Crippen LogP contribution in [0.15, 0.2) is 66.7 Å². The lowest BCUT2D eigenvalue weighted by Gasteiger charge is -1.94. The Morgan fingerprint density at radius 1 is 0.706 bits per heavy atom. The third kappa shape index (κ3) is 3.65. The third-order valence-corrected chi connectivity index (χ3v) is 2.40. The quantitative estimate of drug-likeness (QED) is 0.615. The Hall–Kier alpha value is -2.28. The first kappa shape index (κ1) is 11.2. The summed E-state index contributed by atoms with van der Waals surface area (Å²) in [6.07, 6.45) is 8.15. The number of anilines is 1. The molecule has 2 aromatic rings. The SMILES string of the molecule is Nc1cccc(/C=C/C=C\c2ccccc2)c1. The van der Waals surface area contributed by atoms with Gasteiger partial charge in [-0.05, 0) is 23.3 Å². The summed E-state index contributed by atoms with van der Waals surface area (Å²) < 4.78 is 0. The Bertz CT molecular complexity index is 524. The molecule has 0 heterocycles. The average molecular weight is 221 g/mol. The van der Waals surface area contributed by atoms with Crippen molar-refractivity contribution < 1.29 is 0 Å². The summed E-state index contributed by atoms with van der Waals surface area (Å²) in [5.41, 5.74) is 8.81. The Morgan fingerprint density at radius 3 is 2.06 bits per heavy atom. The van der Waals surface area contributed by atoms with Crippen molar-refractivity contribution in [2.45, 2.75) is 0 Å². The van der Waals surface area contributed by atoms with E-state index in [9.17, 15) is 0 Å². The van der Waals surface area contributed by atoms with Crippen LogP contribution >= 0.6 is 0 Å². The summed E-state index contributed by atoms with van der Waals surface area (Å²) in [4.78, 5) is 0. The van der Waals surface area contributed by atoms with Crippen molar-refractivity contribution in [3.05, 3.63) is 77.9 Å². The normalized spacial score (nSPS) is 11.3. The van der Waals surface area contributed by atoms with Crippen LogP contribution in [0.3, 0.4) is 0 Å². The zero-order chi connectivity index (χ0) is 11.9. The van der Waals surface area contributed by atoms with Crippen LogP contribution in [0.5, 0.6) is 0 Å².